The van der Waals surface area contributed by atoms with E-state index in [2.05, 4.69) is 26.6 Å². The molecule has 0 aromatic heterocycles. The van der Waals surface area contributed by atoms with Gasteiger partial charge in [-0.15, -0.1) is 0 Å². The van der Waals surface area contributed by atoms with Gasteiger partial charge in [-0.05, 0) is 36.0 Å². The minimum absolute atomic E-state index is 0.0255. The van der Waals surface area contributed by atoms with E-state index in [1.165, 1.54) is 12.1 Å². The van der Waals surface area contributed by atoms with Crippen molar-refractivity contribution in [3.8, 4) is 5.75 Å². The third-order valence-corrected chi connectivity index (χ3v) is 6.04. The molecule has 0 unspecified atom stereocenters. The number of hydrogen-bond acceptors (Lipinski definition) is 9. The fourth-order valence-corrected chi connectivity index (χ4v) is 3.80. The van der Waals surface area contributed by atoms with Gasteiger partial charge < -0.3 is 47.6 Å². The standard InChI is InChI=1S/C27H42N6O9/c1-14(2)9-18(24(38)29-12-22(37)31-20(13-34)27(41)42)32-26(40)23(15(3)4)33-25(39)19(30-21(36)11-28)10-16-5-7-17(35)8-6-16/h5-8,14-15,18-20,23,34-35H,9-13,28H2,1-4H3,(H,29,38)(H,30,36)(H,31,37)(H,32,40)(H,33,39)(H,41,42)/t18-,19-,20-,23-/m0/s1. The molecule has 15 nitrogen and oxygen atoms in total. The van der Waals surface area contributed by atoms with E-state index in [1.807, 2.05) is 13.8 Å². The van der Waals surface area contributed by atoms with Crippen molar-refractivity contribution < 1.29 is 44.1 Å². The van der Waals surface area contributed by atoms with Crippen molar-refractivity contribution in [2.45, 2.75) is 64.7 Å². The SMILES string of the molecule is CC(C)C[C@H](NC(=O)[C@@H](NC(=O)[C@H](Cc1ccc(O)cc1)NC(=O)CN)C(C)C)C(=O)NCC(=O)N[C@@H](CO)C(=O)O. The molecular weight excluding hydrogens is 552 g/mol. The highest BCUT2D eigenvalue weighted by molar-refractivity contribution is 5.95. The van der Waals surface area contributed by atoms with Gasteiger partial charge in [-0.3, -0.25) is 24.0 Å². The van der Waals surface area contributed by atoms with E-state index in [4.69, 9.17) is 15.9 Å². The molecule has 0 aliphatic rings. The molecule has 1 rings (SSSR count). The van der Waals surface area contributed by atoms with Crippen LogP contribution in [0, 0.1) is 11.8 Å². The molecule has 1 aromatic carbocycles. The number of carbonyl (C=O) groups is 6. The highest BCUT2D eigenvalue weighted by atomic mass is 16.4. The third-order valence-electron chi connectivity index (χ3n) is 6.04. The van der Waals surface area contributed by atoms with Crippen molar-refractivity contribution in [1.29, 1.82) is 0 Å². The topological polar surface area (TPSA) is 249 Å². The minimum Gasteiger partial charge on any atom is -0.508 e. The Morgan fingerprint density at radius 2 is 1.38 bits per heavy atom. The summed E-state index contributed by atoms with van der Waals surface area (Å²) in [6.45, 7) is 5.18. The molecule has 0 saturated heterocycles. The van der Waals surface area contributed by atoms with E-state index in [9.17, 15) is 33.9 Å². The number of aliphatic hydroxyl groups excluding tert-OH is 1. The average molecular weight is 595 g/mol. The molecule has 0 aliphatic heterocycles. The molecule has 0 aliphatic carbocycles. The zero-order chi connectivity index (χ0) is 32.0. The van der Waals surface area contributed by atoms with Gasteiger partial charge in [0.25, 0.3) is 0 Å². The van der Waals surface area contributed by atoms with Crippen molar-refractivity contribution in [2.24, 2.45) is 17.6 Å². The average Bonchev–Trinajstić information content (AvgIpc) is 2.92. The summed E-state index contributed by atoms with van der Waals surface area (Å²) >= 11 is 0. The Kier molecular flexibility index (Phi) is 15.0. The van der Waals surface area contributed by atoms with Crippen LogP contribution in [0.1, 0.15) is 39.7 Å². The van der Waals surface area contributed by atoms with E-state index in [-0.39, 0.29) is 31.1 Å². The molecule has 0 spiro atoms. The number of carboxylic acid groups (broad SMARTS) is 1. The van der Waals surface area contributed by atoms with Crippen molar-refractivity contribution in [3.05, 3.63) is 29.8 Å². The van der Waals surface area contributed by atoms with Gasteiger partial charge in [-0.1, -0.05) is 39.8 Å². The molecule has 0 bridgehead atoms. The van der Waals surface area contributed by atoms with Gasteiger partial charge in [-0.2, -0.15) is 0 Å². The fraction of sp³-hybridized carbons (Fsp3) is 0.556. The quantitative estimate of drug-likeness (QED) is 0.0935. The maximum absolute atomic E-state index is 13.3. The zero-order valence-corrected chi connectivity index (χ0v) is 24.2. The van der Waals surface area contributed by atoms with Gasteiger partial charge in [0, 0.05) is 6.42 Å². The number of carbonyl (C=O) groups excluding carboxylic acids is 5. The number of aromatic hydroxyl groups is 1. The first kappa shape index (κ1) is 35.8. The summed E-state index contributed by atoms with van der Waals surface area (Å²) in [5, 5.41) is 39.7. The summed E-state index contributed by atoms with van der Waals surface area (Å²) in [6.07, 6.45) is 0.228. The summed E-state index contributed by atoms with van der Waals surface area (Å²) in [7, 11) is 0. The molecule has 42 heavy (non-hydrogen) atoms. The van der Waals surface area contributed by atoms with Crippen LogP contribution in [0.15, 0.2) is 24.3 Å². The number of phenolic OH excluding ortho intramolecular Hbond substituents is 1. The van der Waals surface area contributed by atoms with Gasteiger partial charge in [0.15, 0.2) is 0 Å². The molecule has 0 fully saturated rings. The first-order chi connectivity index (χ1) is 19.7. The number of amides is 5. The van der Waals surface area contributed by atoms with E-state index >= 15 is 0 Å². The molecule has 0 radical (unpaired) electrons. The molecule has 0 heterocycles. The van der Waals surface area contributed by atoms with Crippen LogP contribution >= 0.6 is 0 Å². The van der Waals surface area contributed by atoms with Crippen molar-refractivity contribution >= 4 is 35.5 Å². The first-order valence-corrected chi connectivity index (χ1v) is 13.5. The number of phenols is 1. The monoisotopic (exact) mass is 594 g/mol. The second-order valence-electron chi connectivity index (χ2n) is 10.5. The van der Waals surface area contributed by atoms with Crippen LogP contribution in [-0.2, 0) is 35.2 Å². The predicted octanol–water partition coefficient (Wildman–Crippen LogP) is -2.27. The summed E-state index contributed by atoms with van der Waals surface area (Å²) in [5.41, 5.74) is 6.03. The largest absolute Gasteiger partial charge is 0.508 e. The fourth-order valence-electron chi connectivity index (χ4n) is 3.80. The lowest BCUT2D eigenvalue weighted by Gasteiger charge is -2.28. The number of benzene rings is 1. The van der Waals surface area contributed by atoms with E-state index in [0.29, 0.717) is 5.56 Å². The lowest BCUT2D eigenvalue weighted by molar-refractivity contribution is -0.142. The lowest BCUT2D eigenvalue weighted by Crippen LogP contribution is -2.59. The maximum Gasteiger partial charge on any atom is 0.328 e. The number of carboxylic acids is 1. The number of hydrogen-bond donors (Lipinski definition) is 9. The smallest absolute Gasteiger partial charge is 0.328 e. The van der Waals surface area contributed by atoms with Crippen LogP contribution < -0.4 is 32.3 Å². The Hall–Kier alpha value is -4.24. The number of aliphatic carboxylic acids is 1. The Morgan fingerprint density at radius 3 is 1.88 bits per heavy atom. The van der Waals surface area contributed by atoms with Gasteiger partial charge in [0.05, 0.1) is 19.7 Å². The third kappa shape index (κ3) is 12.5. The molecule has 1 aromatic rings. The summed E-state index contributed by atoms with van der Waals surface area (Å²) in [6, 6.07) is 1.18. The molecule has 5 amide bonds. The van der Waals surface area contributed by atoms with Gasteiger partial charge in [-0.25, -0.2) is 4.79 Å². The molecular formula is C27H42N6O9. The highest BCUT2D eigenvalue weighted by Gasteiger charge is 2.32. The Labute approximate surface area is 244 Å². The van der Waals surface area contributed by atoms with Crippen LogP contribution in [0.25, 0.3) is 0 Å². The predicted molar refractivity (Wildman–Crippen MR) is 151 cm³/mol. The van der Waals surface area contributed by atoms with Crippen LogP contribution in [0.5, 0.6) is 5.75 Å². The molecule has 234 valence electrons. The van der Waals surface area contributed by atoms with Crippen LogP contribution in [0.2, 0.25) is 0 Å². The lowest BCUT2D eigenvalue weighted by atomic mass is 9.99. The van der Waals surface area contributed by atoms with Crippen molar-refractivity contribution in [1.82, 2.24) is 26.6 Å². The number of rotatable bonds is 17. The molecule has 10 N–H and O–H groups in total. The van der Waals surface area contributed by atoms with Gasteiger partial charge >= 0.3 is 5.97 Å². The zero-order valence-electron chi connectivity index (χ0n) is 24.2. The second kappa shape index (κ2) is 17.5. The Bertz CT molecular complexity index is 1090. The number of aliphatic hydroxyl groups is 1. The second-order valence-corrected chi connectivity index (χ2v) is 10.5. The number of nitrogens with one attached hydrogen (secondary N) is 5. The van der Waals surface area contributed by atoms with E-state index in [0.717, 1.165) is 0 Å². The summed E-state index contributed by atoms with van der Waals surface area (Å²) in [4.78, 5) is 74.5. The first-order valence-electron chi connectivity index (χ1n) is 13.5. The minimum atomic E-state index is -1.54. The Morgan fingerprint density at radius 1 is 0.786 bits per heavy atom. The van der Waals surface area contributed by atoms with E-state index < -0.39 is 78.7 Å². The normalized spacial score (nSPS) is 13.8. The van der Waals surface area contributed by atoms with Gasteiger partial charge in [0.2, 0.25) is 29.5 Å². The van der Waals surface area contributed by atoms with Gasteiger partial charge in [0.1, 0.15) is 29.9 Å². The van der Waals surface area contributed by atoms with Crippen LogP contribution in [0.4, 0.5) is 0 Å². The van der Waals surface area contributed by atoms with Crippen LogP contribution in [0.3, 0.4) is 0 Å². The number of nitrogens with two attached hydrogens (primary N) is 1. The van der Waals surface area contributed by atoms with E-state index in [1.54, 1.807) is 26.0 Å². The molecule has 0 saturated carbocycles. The Balaban J connectivity index is 3.00. The summed E-state index contributed by atoms with van der Waals surface area (Å²) < 4.78 is 0. The highest BCUT2D eigenvalue weighted by Crippen LogP contribution is 2.13. The molecule has 15 heteroatoms. The maximum atomic E-state index is 13.3. The van der Waals surface area contributed by atoms with Crippen molar-refractivity contribution in [2.75, 3.05) is 19.7 Å². The van der Waals surface area contributed by atoms with Crippen molar-refractivity contribution in [3.63, 3.8) is 0 Å². The molecule has 4 atom stereocenters. The summed E-state index contributed by atoms with van der Waals surface area (Å²) in [5.74, 6) is -5.42. The van der Waals surface area contributed by atoms with Crippen LogP contribution in [-0.4, -0.2) is 94.7 Å².